The maximum Gasteiger partial charge on any atom is 0.407 e. The Hall–Kier alpha value is -4.54. The summed E-state index contributed by atoms with van der Waals surface area (Å²) in [6, 6.07) is 8.77. The number of aromatic nitrogens is 3. The van der Waals surface area contributed by atoms with Crippen LogP contribution in [0.2, 0.25) is 0 Å². The number of aromatic amines is 1. The highest BCUT2D eigenvalue weighted by Crippen LogP contribution is 2.38. The number of ether oxygens (including phenoxy) is 1. The molecule has 0 radical (unpaired) electrons. The van der Waals surface area contributed by atoms with Gasteiger partial charge in [0.1, 0.15) is 17.8 Å². The van der Waals surface area contributed by atoms with Crippen molar-refractivity contribution >= 4 is 22.2 Å². The van der Waals surface area contributed by atoms with E-state index in [1.807, 2.05) is 32.0 Å². The molecule has 1 aromatic carbocycles. The van der Waals surface area contributed by atoms with Crippen molar-refractivity contribution in [3.8, 4) is 22.6 Å². The lowest BCUT2D eigenvalue weighted by molar-refractivity contribution is -0.118. The predicted molar refractivity (Wildman–Crippen MR) is 146 cm³/mol. The lowest BCUT2D eigenvalue weighted by atomic mass is 10.0. The van der Waals surface area contributed by atoms with Crippen molar-refractivity contribution in [1.29, 1.82) is 0 Å². The fraction of sp³-hybridized carbons (Fsp3) is 0.250. The van der Waals surface area contributed by atoms with E-state index < -0.39 is 12.7 Å². The van der Waals surface area contributed by atoms with Crippen molar-refractivity contribution in [2.75, 3.05) is 6.54 Å². The summed E-state index contributed by atoms with van der Waals surface area (Å²) in [5.74, 6) is 1.02. The van der Waals surface area contributed by atoms with Gasteiger partial charge < -0.3 is 24.6 Å². The number of H-pyrrole nitrogens is 1. The summed E-state index contributed by atoms with van der Waals surface area (Å²) in [4.78, 5) is 32.4. The molecule has 11 heteroatoms. The second kappa shape index (κ2) is 10.3. The Labute approximate surface area is 221 Å². The first-order valence-corrected chi connectivity index (χ1v) is 12.0. The Balaban J connectivity index is 1.94. The number of halogens is 3. The van der Waals surface area contributed by atoms with Gasteiger partial charge in [-0.1, -0.05) is 18.2 Å². The van der Waals surface area contributed by atoms with Crippen molar-refractivity contribution in [3.05, 3.63) is 86.5 Å². The van der Waals surface area contributed by atoms with Gasteiger partial charge in [-0.05, 0) is 38.0 Å². The van der Waals surface area contributed by atoms with Crippen LogP contribution >= 0.6 is 0 Å². The molecule has 4 rings (SSSR count). The molecule has 0 aliphatic rings. The third-order valence-electron chi connectivity index (χ3n) is 6.41. The number of nitrogens with two attached hydrogens (primary N) is 1. The standard InChI is InChI=1S/C28H28F3N5O3/c1-15-7-6-8-16(2)26(15)39-23-13-35(4)24(37)10-18(23)21-12-36(5)27(38)25-19(21)9-22(34-25)20(11-32)17(3)33-14-28(29,30)31/h6-13,34H,14,32H2,1-5H3/b20-11+,33-17?. The van der Waals surface area contributed by atoms with Crippen LogP contribution in [0.5, 0.6) is 11.5 Å². The van der Waals surface area contributed by atoms with Crippen LogP contribution in [0.3, 0.4) is 0 Å². The molecule has 0 spiro atoms. The summed E-state index contributed by atoms with van der Waals surface area (Å²) in [6.45, 7) is 3.87. The molecule has 0 unspecified atom stereocenters. The minimum Gasteiger partial charge on any atom is -0.455 e. The van der Waals surface area contributed by atoms with Gasteiger partial charge >= 0.3 is 6.18 Å². The first-order chi connectivity index (χ1) is 18.3. The highest BCUT2D eigenvalue weighted by molar-refractivity contribution is 6.23. The number of nitrogens with zero attached hydrogens (tertiary/aromatic N) is 3. The molecule has 3 N–H and O–H groups in total. The fourth-order valence-corrected chi connectivity index (χ4v) is 4.36. The maximum atomic E-state index is 13.1. The molecule has 39 heavy (non-hydrogen) atoms. The van der Waals surface area contributed by atoms with Crippen LogP contribution in [0.4, 0.5) is 13.2 Å². The maximum absolute atomic E-state index is 13.1. The van der Waals surface area contributed by atoms with Gasteiger partial charge in [0.15, 0.2) is 5.75 Å². The minimum absolute atomic E-state index is 0.0485. The molecule has 4 aromatic rings. The van der Waals surface area contributed by atoms with E-state index in [1.165, 1.54) is 22.1 Å². The SMILES string of the molecule is CC(=NCC(F)(F)F)/C(=C\N)c1cc2c(-c3cc(=O)n(C)cc3Oc3c(C)cccc3C)cn(C)c(=O)c2[nH]1. The molecule has 0 aliphatic heterocycles. The number of hydrogen-bond acceptors (Lipinski definition) is 5. The number of rotatable bonds is 6. The molecule has 0 saturated heterocycles. The molecule has 0 saturated carbocycles. The van der Waals surface area contributed by atoms with E-state index in [9.17, 15) is 22.8 Å². The number of benzene rings is 1. The summed E-state index contributed by atoms with van der Waals surface area (Å²) in [6.07, 6.45) is -0.175. The molecule has 0 fully saturated rings. The van der Waals surface area contributed by atoms with Crippen molar-refractivity contribution in [2.24, 2.45) is 24.8 Å². The molecular formula is C28H28F3N5O3. The number of fused-ring (bicyclic) bond motifs is 1. The van der Waals surface area contributed by atoms with E-state index in [-0.39, 0.29) is 27.9 Å². The molecule has 3 aromatic heterocycles. The van der Waals surface area contributed by atoms with Crippen molar-refractivity contribution in [3.63, 3.8) is 0 Å². The number of aliphatic imine (C=N–C) groups is 1. The van der Waals surface area contributed by atoms with E-state index >= 15 is 0 Å². The van der Waals surface area contributed by atoms with Gasteiger partial charge in [0, 0.05) is 66.1 Å². The van der Waals surface area contributed by atoms with Crippen LogP contribution in [0.25, 0.3) is 27.6 Å². The third-order valence-corrected chi connectivity index (χ3v) is 6.41. The lowest BCUT2D eigenvalue weighted by Gasteiger charge is -2.17. The predicted octanol–water partition coefficient (Wildman–Crippen LogP) is 4.96. The third kappa shape index (κ3) is 5.52. The number of alkyl halides is 3. The quantitative estimate of drug-likeness (QED) is 0.338. The molecule has 8 nitrogen and oxygen atoms in total. The average molecular weight is 540 g/mol. The van der Waals surface area contributed by atoms with Crippen molar-refractivity contribution in [2.45, 2.75) is 26.9 Å². The molecule has 0 amide bonds. The van der Waals surface area contributed by atoms with Crippen molar-refractivity contribution < 1.29 is 17.9 Å². The van der Waals surface area contributed by atoms with E-state index in [0.29, 0.717) is 33.7 Å². The Morgan fingerprint density at radius 1 is 1.08 bits per heavy atom. The number of aryl methyl sites for hydroxylation is 4. The van der Waals surface area contributed by atoms with Gasteiger partial charge in [0.2, 0.25) is 0 Å². The average Bonchev–Trinajstić information content (AvgIpc) is 3.30. The molecular weight excluding hydrogens is 511 g/mol. The zero-order chi connectivity index (χ0) is 28.6. The van der Waals surface area contributed by atoms with E-state index in [4.69, 9.17) is 10.5 Å². The van der Waals surface area contributed by atoms with E-state index in [1.54, 1.807) is 32.6 Å². The van der Waals surface area contributed by atoms with Crippen molar-refractivity contribution in [1.82, 2.24) is 14.1 Å². The summed E-state index contributed by atoms with van der Waals surface area (Å²) >= 11 is 0. The van der Waals surface area contributed by atoms with Gasteiger partial charge in [-0.3, -0.25) is 14.6 Å². The Bertz CT molecular complexity index is 1740. The summed E-state index contributed by atoms with van der Waals surface area (Å²) in [5.41, 5.74) is 8.59. The molecule has 0 bridgehead atoms. The van der Waals surface area contributed by atoms with Crippen LogP contribution < -0.4 is 21.6 Å². The second-order valence-corrected chi connectivity index (χ2v) is 9.35. The smallest absolute Gasteiger partial charge is 0.407 e. The molecule has 204 valence electrons. The zero-order valence-electron chi connectivity index (χ0n) is 22.1. The Morgan fingerprint density at radius 3 is 2.36 bits per heavy atom. The van der Waals surface area contributed by atoms with Crippen LogP contribution in [0.15, 0.2) is 63.5 Å². The zero-order valence-corrected chi connectivity index (χ0v) is 22.1. The number of pyridine rings is 2. The number of allylic oxidation sites excluding steroid dienone is 1. The Kier molecular flexibility index (Phi) is 7.27. The lowest BCUT2D eigenvalue weighted by Crippen LogP contribution is -2.18. The first-order valence-electron chi connectivity index (χ1n) is 12.0. The second-order valence-electron chi connectivity index (χ2n) is 9.35. The molecule has 0 atom stereocenters. The van der Waals surface area contributed by atoms with Gasteiger partial charge in [0.05, 0.1) is 6.20 Å². The van der Waals surface area contributed by atoms with E-state index in [2.05, 4.69) is 9.98 Å². The van der Waals surface area contributed by atoms with Crippen LogP contribution in [0, 0.1) is 13.8 Å². The minimum atomic E-state index is -4.48. The van der Waals surface area contributed by atoms with Gasteiger partial charge in [0.25, 0.3) is 11.1 Å². The van der Waals surface area contributed by atoms with Crippen LogP contribution in [-0.2, 0) is 14.1 Å². The van der Waals surface area contributed by atoms with Gasteiger partial charge in [-0.15, -0.1) is 0 Å². The van der Waals surface area contributed by atoms with Gasteiger partial charge in [-0.2, -0.15) is 13.2 Å². The normalized spacial score (nSPS) is 12.8. The fourth-order valence-electron chi connectivity index (χ4n) is 4.36. The largest absolute Gasteiger partial charge is 0.455 e. The highest BCUT2D eigenvalue weighted by Gasteiger charge is 2.27. The van der Waals surface area contributed by atoms with Crippen LogP contribution in [-0.4, -0.2) is 32.6 Å². The Morgan fingerprint density at radius 2 is 1.74 bits per heavy atom. The summed E-state index contributed by atoms with van der Waals surface area (Å²) < 4.78 is 47.3. The molecule has 3 heterocycles. The first kappa shape index (κ1) is 27.5. The molecule has 0 aliphatic carbocycles. The van der Waals surface area contributed by atoms with E-state index in [0.717, 1.165) is 17.3 Å². The summed E-state index contributed by atoms with van der Waals surface area (Å²) in [5, 5.41) is 0.440. The summed E-state index contributed by atoms with van der Waals surface area (Å²) in [7, 11) is 3.17. The number of hydrogen-bond donors (Lipinski definition) is 2. The number of para-hydroxylation sites is 1. The highest BCUT2D eigenvalue weighted by atomic mass is 19.4. The monoisotopic (exact) mass is 539 g/mol. The number of nitrogens with one attached hydrogen (secondary N) is 1. The van der Waals surface area contributed by atoms with Crippen LogP contribution in [0.1, 0.15) is 23.7 Å². The topological polar surface area (TPSA) is 107 Å². The van der Waals surface area contributed by atoms with Gasteiger partial charge in [-0.25, -0.2) is 0 Å².